The SMILES string of the molecule is Cc1cccc([C@H](CC(F)F)N2CCNCC2)c1C. The van der Waals surface area contributed by atoms with Gasteiger partial charge in [-0.1, -0.05) is 18.2 Å². The summed E-state index contributed by atoms with van der Waals surface area (Å²) >= 11 is 0. The van der Waals surface area contributed by atoms with Gasteiger partial charge in [0.25, 0.3) is 0 Å². The summed E-state index contributed by atoms with van der Waals surface area (Å²) in [7, 11) is 0. The molecule has 0 aromatic heterocycles. The second-order valence-electron chi connectivity index (χ2n) is 5.22. The molecule has 2 rings (SSSR count). The minimum Gasteiger partial charge on any atom is -0.314 e. The maximum absolute atomic E-state index is 12.9. The molecule has 0 saturated carbocycles. The first-order valence-electron chi connectivity index (χ1n) is 6.88. The first-order valence-corrected chi connectivity index (χ1v) is 6.88. The Morgan fingerprint density at radius 1 is 1.21 bits per heavy atom. The Hall–Kier alpha value is -1.00. The maximum Gasteiger partial charge on any atom is 0.240 e. The van der Waals surface area contributed by atoms with Crippen LogP contribution in [0, 0.1) is 13.8 Å². The van der Waals surface area contributed by atoms with Crippen LogP contribution in [0.25, 0.3) is 0 Å². The third kappa shape index (κ3) is 3.51. The van der Waals surface area contributed by atoms with Crippen molar-refractivity contribution in [2.45, 2.75) is 32.7 Å². The molecular formula is C15H22F2N2. The zero-order valence-corrected chi connectivity index (χ0v) is 11.6. The summed E-state index contributed by atoms with van der Waals surface area (Å²) in [6.45, 7) is 7.51. The topological polar surface area (TPSA) is 15.3 Å². The molecule has 1 N–H and O–H groups in total. The largest absolute Gasteiger partial charge is 0.314 e. The summed E-state index contributed by atoms with van der Waals surface area (Å²) in [6.07, 6.45) is -2.34. The van der Waals surface area contributed by atoms with E-state index in [2.05, 4.69) is 10.2 Å². The molecule has 1 aliphatic rings. The van der Waals surface area contributed by atoms with Crippen molar-refractivity contribution in [3.8, 4) is 0 Å². The van der Waals surface area contributed by atoms with Gasteiger partial charge in [-0.3, -0.25) is 4.90 Å². The van der Waals surface area contributed by atoms with Gasteiger partial charge in [-0.15, -0.1) is 0 Å². The molecule has 106 valence electrons. The van der Waals surface area contributed by atoms with Crippen LogP contribution in [0.5, 0.6) is 0 Å². The van der Waals surface area contributed by atoms with Crippen LogP contribution in [0.2, 0.25) is 0 Å². The molecule has 1 aromatic rings. The summed E-state index contributed by atoms with van der Waals surface area (Å²) in [6, 6.07) is 5.84. The van der Waals surface area contributed by atoms with E-state index in [4.69, 9.17) is 0 Å². The second-order valence-corrected chi connectivity index (χ2v) is 5.22. The third-order valence-electron chi connectivity index (χ3n) is 4.00. The molecule has 1 atom stereocenters. The van der Waals surface area contributed by atoms with Crippen molar-refractivity contribution in [1.82, 2.24) is 10.2 Å². The zero-order valence-electron chi connectivity index (χ0n) is 11.6. The summed E-state index contributed by atoms with van der Waals surface area (Å²) in [5, 5.41) is 3.27. The highest BCUT2D eigenvalue weighted by atomic mass is 19.3. The Labute approximate surface area is 113 Å². The lowest BCUT2D eigenvalue weighted by molar-refractivity contribution is 0.0736. The molecule has 0 spiro atoms. The van der Waals surface area contributed by atoms with E-state index in [-0.39, 0.29) is 12.5 Å². The van der Waals surface area contributed by atoms with E-state index in [1.807, 2.05) is 32.0 Å². The predicted molar refractivity (Wildman–Crippen MR) is 73.7 cm³/mol. The molecule has 0 bridgehead atoms. The summed E-state index contributed by atoms with van der Waals surface area (Å²) < 4.78 is 25.8. The van der Waals surface area contributed by atoms with Gasteiger partial charge in [-0.05, 0) is 30.5 Å². The highest BCUT2D eigenvalue weighted by Crippen LogP contribution is 2.30. The summed E-state index contributed by atoms with van der Waals surface area (Å²) in [5.74, 6) is 0. The van der Waals surface area contributed by atoms with Gasteiger partial charge >= 0.3 is 0 Å². The number of rotatable bonds is 4. The number of benzene rings is 1. The van der Waals surface area contributed by atoms with Gasteiger partial charge < -0.3 is 5.32 Å². The Morgan fingerprint density at radius 2 is 1.89 bits per heavy atom. The van der Waals surface area contributed by atoms with Gasteiger partial charge in [-0.2, -0.15) is 0 Å². The molecule has 0 unspecified atom stereocenters. The van der Waals surface area contributed by atoms with Crippen molar-refractivity contribution in [2.75, 3.05) is 26.2 Å². The quantitative estimate of drug-likeness (QED) is 0.903. The fraction of sp³-hybridized carbons (Fsp3) is 0.600. The fourth-order valence-corrected chi connectivity index (χ4v) is 2.77. The number of piperazine rings is 1. The molecule has 1 heterocycles. The number of hydrogen-bond acceptors (Lipinski definition) is 2. The van der Waals surface area contributed by atoms with Gasteiger partial charge in [0.1, 0.15) is 0 Å². The van der Waals surface area contributed by atoms with E-state index >= 15 is 0 Å². The van der Waals surface area contributed by atoms with Crippen molar-refractivity contribution < 1.29 is 8.78 Å². The second kappa shape index (κ2) is 6.44. The first-order chi connectivity index (χ1) is 9.09. The highest BCUT2D eigenvalue weighted by molar-refractivity contribution is 5.35. The number of alkyl halides is 2. The van der Waals surface area contributed by atoms with Crippen molar-refractivity contribution in [3.05, 3.63) is 34.9 Å². The van der Waals surface area contributed by atoms with E-state index < -0.39 is 6.43 Å². The van der Waals surface area contributed by atoms with Crippen molar-refractivity contribution in [1.29, 1.82) is 0 Å². The lowest BCUT2D eigenvalue weighted by Gasteiger charge is -2.36. The lowest BCUT2D eigenvalue weighted by Crippen LogP contribution is -2.45. The van der Waals surface area contributed by atoms with E-state index in [1.165, 1.54) is 5.56 Å². The van der Waals surface area contributed by atoms with Crippen LogP contribution < -0.4 is 5.32 Å². The normalized spacial score (nSPS) is 18.8. The maximum atomic E-state index is 12.9. The minimum atomic E-state index is -2.26. The lowest BCUT2D eigenvalue weighted by atomic mass is 9.94. The third-order valence-corrected chi connectivity index (χ3v) is 4.00. The van der Waals surface area contributed by atoms with E-state index in [9.17, 15) is 8.78 Å². The van der Waals surface area contributed by atoms with Gasteiger partial charge in [0.2, 0.25) is 6.43 Å². The summed E-state index contributed by atoms with van der Waals surface area (Å²) in [5.41, 5.74) is 3.38. The number of aryl methyl sites for hydroxylation is 1. The molecular weight excluding hydrogens is 246 g/mol. The van der Waals surface area contributed by atoms with Crippen LogP contribution >= 0.6 is 0 Å². The zero-order chi connectivity index (χ0) is 13.8. The summed E-state index contributed by atoms with van der Waals surface area (Å²) in [4.78, 5) is 2.18. The van der Waals surface area contributed by atoms with Gasteiger partial charge in [-0.25, -0.2) is 8.78 Å². The number of nitrogens with one attached hydrogen (secondary N) is 1. The Bertz CT molecular complexity index is 415. The number of hydrogen-bond donors (Lipinski definition) is 1. The van der Waals surface area contributed by atoms with Crippen LogP contribution in [-0.4, -0.2) is 37.5 Å². The number of halogens is 2. The van der Waals surface area contributed by atoms with E-state index in [1.54, 1.807) is 0 Å². The Morgan fingerprint density at radius 3 is 2.53 bits per heavy atom. The Balaban J connectivity index is 2.27. The van der Waals surface area contributed by atoms with Crippen LogP contribution in [0.4, 0.5) is 8.78 Å². The average Bonchev–Trinajstić information content (AvgIpc) is 2.40. The monoisotopic (exact) mass is 268 g/mol. The Kier molecular flexibility index (Phi) is 4.88. The van der Waals surface area contributed by atoms with Gasteiger partial charge in [0.05, 0.1) is 0 Å². The molecule has 1 fully saturated rings. The van der Waals surface area contributed by atoms with E-state index in [0.717, 1.165) is 37.3 Å². The molecule has 1 saturated heterocycles. The van der Waals surface area contributed by atoms with E-state index in [0.29, 0.717) is 0 Å². The van der Waals surface area contributed by atoms with Gasteiger partial charge in [0.15, 0.2) is 0 Å². The molecule has 4 heteroatoms. The molecule has 19 heavy (non-hydrogen) atoms. The van der Waals surface area contributed by atoms with Crippen LogP contribution in [0.3, 0.4) is 0 Å². The molecule has 2 nitrogen and oxygen atoms in total. The standard InChI is InChI=1S/C15H22F2N2/c1-11-4-3-5-13(12(11)2)14(10-15(16)17)19-8-6-18-7-9-19/h3-5,14-15,18H,6-10H2,1-2H3/t14-/m0/s1. The number of nitrogens with zero attached hydrogens (tertiary/aromatic N) is 1. The molecule has 1 aromatic carbocycles. The predicted octanol–water partition coefficient (Wildman–Crippen LogP) is 2.90. The van der Waals surface area contributed by atoms with Crippen molar-refractivity contribution in [3.63, 3.8) is 0 Å². The minimum absolute atomic E-state index is 0.0791. The fourth-order valence-electron chi connectivity index (χ4n) is 2.77. The molecule has 0 amide bonds. The van der Waals surface area contributed by atoms with Crippen molar-refractivity contribution >= 4 is 0 Å². The average molecular weight is 268 g/mol. The van der Waals surface area contributed by atoms with Gasteiger partial charge in [0, 0.05) is 38.6 Å². The first kappa shape index (κ1) is 14.4. The smallest absolute Gasteiger partial charge is 0.240 e. The van der Waals surface area contributed by atoms with Crippen molar-refractivity contribution in [2.24, 2.45) is 0 Å². The van der Waals surface area contributed by atoms with Crippen LogP contribution in [-0.2, 0) is 0 Å². The van der Waals surface area contributed by atoms with Crippen LogP contribution in [0.15, 0.2) is 18.2 Å². The molecule has 0 radical (unpaired) electrons. The highest BCUT2D eigenvalue weighted by Gasteiger charge is 2.26. The van der Waals surface area contributed by atoms with Crippen LogP contribution in [0.1, 0.15) is 29.2 Å². The molecule has 1 aliphatic heterocycles. The molecule has 0 aliphatic carbocycles.